The van der Waals surface area contributed by atoms with E-state index >= 15 is 0 Å². The monoisotopic (exact) mass is 272 g/mol. The molecule has 0 aliphatic carbocycles. The van der Waals surface area contributed by atoms with E-state index in [-0.39, 0.29) is 22.7 Å². The number of hydrogen-bond donors (Lipinski definition) is 4. The van der Waals surface area contributed by atoms with Gasteiger partial charge in [-0.1, -0.05) is 0 Å². The molecule has 102 valence electrons. The lowest BCUT2D eigenvalue weighted by atomic mass is 10.2. The molecule has 0 saturated carbocycles. The SMILES string of the molecule is COc1ccc(-c2nc3nc(N)[nH]c(=O)c3[nH]2)cc1N. The van der Waals surface area contributed by atoms with E-state index in [1.54, 1.807) is 25.3 Å². The van der Waals surface area contributed by atoms with Crippen LogP contribution in [-0.4, -0.2) is 27.0 Å². The normalized spacial score (nSPS) is 10.8. The van der Waals surface area contributed by atoms with Crippen LogP contribution >= 0.6 is 0 Å². The number of fused-ring (bicyclic) bond motifs is 1. The zero-order chi connectivity index (χ0) is 14.3. The number of aromatic amines is 2. The van der Waals surface area contributed by atoms with Crippen LogP contribution in [0.15, 0.2) is 23.0 Å². The summed E-state index contributed by atoms with van der Waals surface area (Å²) in [5, 5.41) is 0. The predicted octanol–water partition coefficient (Wildman–Crippen LogP) is 0.486. The largest absolute Gasteiger partial charge is 0.495 e. The van der Waals surface area contributed by atoms with E-state index in [0.29, 0.717) is 17.3 Å². The van der Waals surface area contributed by atoms with E-state index in [1.165, 1.54) is 0 Å². The molecule has 0 unspecified atom stereocenters. The topological polar surface area (TPSA) is 136 Å². The number of nitrogens with two attached hydrogens (primary N) is 2. The third-order valence-electron chi connectivity index (χ3n) is 2.88. The Labute approximate surface area is 112 Å². The predicted molar refractivity (Wildman–Crippen MR) is 75.3 cm³/mol. The zero-order valence-corrected chi connectivity index (χ0v) is 10.6. The van der Waals surface area contributed by atoms with Gasteiger partial charge in [-0.2, -0.15) is 4.98 Å². The second kappa shape index (κ2) is 4.26. The van der Waals surface area contributed by atoms with Crippen molar-refractivity contribution in [3.63, 3.8) is 0 Å². The number of rotatable bonds is 2. The molecule has 0 radical (unpaired) electrons. The number of benzene rings is 1. The summed E-state index contributed by atoms with van der Waals surface area (Å²) in [5.74, 6) is 1.08. The van der Waals surface area contributed by atoms with Crippen molar-refractivity contribution < 1.29 is 4.74 Å². The van der Waals surface area contributed by atoms with Crippen LogP contribution in [-0.2, 0) is 0 Å². The molecule has 3 rings (SSSR count). The fourth-order valence-corrected chi connectivity index (χ4v) is 1.94. The van der Waals surface area contributed by atoms with Crippen LogP contribution in [0, 0.1) is 0 Å². The number of imidazole rings is 1. The summed E-state index contributed by atoms with van der Waals surface area (Å²) in [6, 6.07) is 5.21. The van der Waals surface area contributed by atoms with Crippen molar-refractivity contribution in [1.82, 2.24) is 19.9 Å². The van der Waals surface area contributed by atoms with Gasteiger partial charge in [-0.05, 0) is 18.2 Å². The Kier molecular flexibility index (Phi) is 2.56. The number of ether oxygens (including phenoxy) is 1. The second-order valence-electron chi connectivity index (χ2n) is 4.19. The molecule has 20 heavy (non-hydrogen) atoms. The summed E-state index contributed by atoms with van der Waals surface area (Å²) >= 11 is 0. The smallest absolute Gasteiger partial charge is 0.278 e. The summed E-state index contributed by atoms with van der Waals surface area (Å²) in [5.41, 5.74) is 12.7. The van der Waals surface area contributed by atoms with Gasteiger partial charge >= 0.3 is 0 Å². The van der Waals surface area contributed by atoms with E-state index in [0.717, 1.165) is 5.56 Å². The second-order valence-corrected chi connectivity index (χ2v) is 4.19. The molecule has 0 aliphatic rings. The first-order valence-corrected chi connectivity index (χ1v) is 5.78. The molecule has 6 N–H and O–H groups in total. The first-order valence-electron chi connectivity index (χ1n) is 5.78. The van der Waals surface area contributed by atoms with Crippen LogP contribution in [0.5, 0.6) is 5.75 Å². The summed E-state index contributed by atoms with van der Waals surface area (Å²) in [6.07, 6.45) is 0. The fraction of sp³-hybridized carbons (Fsp3) is 0.0833. The van der Waals surface area contributed by atoms with Crippen LogP contribution in [0.25, 0.3) is 22.6 Å². The molecule has 8 nitrogen and oxygen atoms in total. The highest BCUT2D eigenvalue weighted by atomic mass is 16.5. The number of nitrogens with one attached hydrogen (secondary N) is 2. The molecule has 0 aliphatic heterocycles. The van der Waals surface area contributed by atoms with Crippen LogP contribution in [0.1, 0.15) is 0 Å². The van der Waals surface area contributed by atoms with Gasteiger partial charge in [-0.15, -0.1) is 0 Å². The maximum atomic E-state index is 11.7. The van der Waals surface area contributed by atoms with Gasteiger partial charge in [0.05, 0.1) is 12.8 Å². The molecule has 0 atom stereocenters. The minimum atomic E-state index is -0.368. The third-order valence-corrected chi connectivity index (χ3v) is 2.88. The van der Waals surface area contributed by atoms with Gasteiger partial charge in [0.15, 0.2) is 11.2 Å². The minimum absolute atomic E-state index is 0.0230. The number of hydrogen-bond acceptors (Lipinski definition) is 6. The molecular weight excluding hydrogens is 260 g/mol. The summed E-state index contributed by atoms with van der Waals surface area (Å²) in [4.78, 5) is 25.2. The molecule has 0 fully saturated rings. The van der Waals surface area contributed by atoms with Gasteiger partial charge in [0.2, 0.25) is 5.95 Å². The Morgan fingerprint density at radius 2 is 2.00 bits per heavy atom. The van der Waals surface area contributed by atoms with E-state index < -0.39 is 0 Å². The van der Waals surface area contributed by atoms with Gasteiger partial charge in [0.1, 0.15) is 11.6 Å². The van der Waals surface area contributed by atoms with Crippen LogP contribution in [0.2, 0.25) is 0 Å². The van der Waals surface area contributed by atoms with Crippen molar-refractivity contribution in [3.8, 4) is 17.1 Å². The minimum Gasteiger partial charge on any atom is -0.495 e. The van der Waals surface area contributed by atoms with Gasteiger partial charge < -0.3 is 21.2 Å². The lowest BCUT2D eigenvalue weighted by Gasteiger charge is -2.05. The maximum absolute atomic E-state index is 11.7. The number of anilines is 2. The van der Waals surface area contributed by atoms with Crippen molar-refractivity contribution in [3.05, 3.63) is 28.6 Å². The highest BCUT2D eigenvalue weighted by Gasteiger charge is 2.11. The molecule has 0 amide bonds. The van der Waals surface area contributed by atoms with Crippen LogP contribution < -0.4 is 21.8 Å². The van der Waals surface area contributed by atoms with E-state index in [1.807, 2.05) is 0 Å². The Morgan fingerprint density at radius 1 is 1.20 bits per heavy atom. The number of nitrogen functional groups attached to an aromatic ring is 2. The molecule has 1 aromatic carbocycles. The Morgan fingerprint density at radius 3 is 2.70 bits per heavy atom. The quantitative estimate of drug-likeness (QED) is 0.501. The highest BCUT2D eigenvalue weighted by Crippen LogP contribution is 2.27. The standard InChI is InChI=1S/C12H12N6O2/c1-20-7-3-2-5(4-6(7)13)9-15-8-10(16-9)17-12(14)18-11(8)19/h2-4H,13H2,1H3,(H4,14,15,16,17,18,19). The van der Waals surface area contributed by atoms with E-state index in [9.17, 15) is 4.79 Å². The van der Waals surface area contributed by atoms with Gasteiger partial charge in [0.25, 0.3) is 5.56 Å². The number of aromatic nitrogens is 4. The van der Waals surface area contributed by atoms with Crippen LogP contribution in [0.3, 0.4) is 0 Å². The number of nitrogens with zero attached hydrogens (tertiary/aromatic N) is 2. The molecule has 2 aromatic heterocycles. The first kappa shape index (κ1) is 12.0. The van der Waals surface area contributed by atoms with E-state index in [2.05, 4.69) is 19.9 Å². The zero-order valence-electron chi connectivity index (χ0n) is 10.6. The fourth-order valence-electron chi connectivity index (χ4n) is 1.94. The van der Waals surface area contributed by atoms with Crippen LogP contribution in [0.4, 0.5) is 11.6 Å². The number of methoxy groups -OCH3 is 1. The highest BCUT2D eigenvalue weighted by molar-refractivity contribution is 5.77. The maximum Gasteiger partial charge on any atom is 0.278 e. The van der Waals surface area contributed by atoms with Crippen molar-refractivity contribution in [1.29, 1.82) is 0 Å². The van der Waals surface area contributed by atoms with Gasteiger partial charge in [-0.25, -0.2) is 4.98 Å². The third kappa shape index (κ3) is 1.83. The van der Waals surface area contributed by atoms with E-state index in [4.69, 9.17) is 16.2 Å². The molecule has 0 saturated heterocycles. The van der Waals surface area contributed by atoms with Gasteiger partial charge in [-0.3, -0.25) is 9.78 Å². The van der Waals surface area contributed by atoms with Gasteiger partial charge in [0, 0.05) is 5.56 Å². The Hall–Kier alpha value is -3.03. The van der Waals surface area contributed by atoms with Crippen molar-refractivity contribution >= 4 is 22.8 Å². The molecular formula is C12H12N6O2. The van der Waals surface area contributed by atoms with Crippen molar-refractivity contribution in [2.24, 2.45) is 0 Å². The Bertz CT molecular complexity index is 851. The lowest BCUT2D eigenvalue weighted by molar-refractivity contribution is 0.417. The molecule has 3 aromatic rings. The summed E-state index contributed by atoms with van der Waals surface area (Å²) in [6.45, 7) is 0. The lowest BCUT2D eigenvalue weighted by Crippen LogP contribution is -2.10. The van der Waals surface area contributed by atoms with Crippen molar-refractivity contribution in [2.45, 2.75) is 0 Å². The molecule has 8 heteroatoms. The average molecular weight is 272 g/mol. The molecule has 0 bridgehead atoms. The molecule has 2 heterocycles. The van der Waals surface area contributed by atoms with Crippen molar-refractivity contribution in [2.75, 3.05) is 18.6 Å². The molecule has 0 spiro atoms. The average Bonchev–Trinajstić information content (AvgIpc) is 2.82. The first-order chi connectivity index (χ1) is 9.58. The number of H-pyrrole nitrogens is 2. The summed E-state index contributed by atoms with van der Waals surface area (Å²) < 4.78 is 5.09. The Balaban J connectivity index is 2.17. The summed E-state index contributed by atoms with van der Waals surface area (Å²) in [7, 11) is 1.54.